The number of allylic oxidation sites excluding steroid dienone is 1. The molecule has 2 aliphatic rings. The molecule has 1 aromatic heterocycles. The summed E-state index contributed by atoms with van der Waals surface area (Å²) in [6.45, 7) is 8.80. The Bertz CT molecular complexity index is 1430. The van der Waals surface area contributed by atoms with Crippen molar-refractivity contribution in [3.8, 4) is 5.88 Å². The Morgan fingerprint density at radius 2 is 1.90 bits per heavy atom. The number of hydrogen-bond acceptors (Lipinski definition) is 7. The van der Waals surface area contributed by atoms with Crippen LogP contribution in [0.4, 0.5) is 13.2 Å². The molecule has 1 aliphatic heterocycles. The van der Waals surface area contributed by atoms with Crippen LogP contribution in [0.25, 0.3) is 0 Å². The number of carbonyl (C=O) groups excluding carboxylic acids is 1. The summed E-state index contributed by atoms with van der Waals surface area (Å²) in [6.07, 6.45) is 0.179. The third-order valence-electron chi connectivity index (χ3n) is 7.92. The number of sulfonamides is 1. The summed E-state index contributed by atoms with van der Waals surface area (Å²) in [5.74, 6) is -0.241. The van der Waals surface area contributed by atoms with Crippen LogP contribution in [0.1, 0.15) is 59.8 Å². The molecule has 0 spiro atoms. The predicted octanol–water partition coefficient (Wildman–Crippen LogP) is 5.31. The van der Waals surface area contributed by atoms with Crippen LogP contribution in [0.3, 0.4) is 0 Å². The Balaban J connectivity index is 1.51. The molecule has 1 amide bonds. The summed E-state index contributed by atoms with van der Waals surface area (Å²) in [5.41, 5.74) is -1.08. The van der Waals surface area contributed by atoms with Crippen molar-refractivity contribution < 1.29 is 31.1 Å². The molecule has 230 valence electrons. The molecule has 1 saturated heterocycles. The van der Waals surface area contributed by atoms with E-state index >= 15 is 0 Å². The van der Waals surface area contributed by atoms with Gasteiger partial charge in [0.2, 0.25) is 5.88 Å². The van der Waals surface area contributed by atoms with Crippen LogP contribution < -0.4 is 9.46 Å². The largest absolute Gasteiger partial charge is 0.477 e. The van der Waals surface area contributed by atoms with E-state index in [0.29, 0.717) is 24.6 Å². The zero-order chi connectivity index (χ0) is 30.8. The summed E-state index contributed by atoms with van der Waals surface area (Å²) in [7, 11) is -4.13. The number of nitrogens with zero attached hydrogens (tertiary/aromatic N) is 4. The van der Waals surface area contributed by atoms with Gasteiger partial charge in [-0.2, -0.15) is 13.2 Å². The number of halogens is 3. The van der Waals surface area contributed by atoms with E-state index in [9.17, 15) is 26.4 Å². The molecule has 1 aliphatic carbocycles. The average molecular weight is 610 g/mol. The first kappa shape index (κ1) is 31.6. The lowest BCUT2D eigenvalue weighted by Crippen LogP contribution is -2.40. The van der Waals surface area contributed by atoms with Crippen molar-refractivity contribution in [1.29, 1.82) is 0 Å². The standard InChI is InChI=1S/C29H38F3N5O4S/c1-5-24(37-19-21(2)17-27(37,3)4)23(26(38)35-42(39,40)22-9-7-6-8-10-22)18-33-20-36-15-11-25(34-36)41-16-14-28(12-13-28)29(30,31)32/h6-11,15,18,21H,5,12-14,16-17,19-20H2,1-4H3,(H,35,38)/b24-23-,33-18?/t21-/m0/s1. The molecular formula is C29H38F3N5O4S. The van der Waals surface area contributed by atoms with Crippen LogP contribution in [-0.4, -0.2) is 60.1 Å². The maximum absolute atomic E-state index is 13.5. The molecule has 1 atom stereocenters. The number of nitrogens with one attached hydrogen (secondary N) is 1. The van der Waals surface area contributed by atoms with Crippen molar-refractivity contribution in [2.45, 2.75) is 83.1 Å². The Morgan fingerprint density at radius 1 is 1.21 bits per heavy atom. The number of alkyl halides is 3. The molecule has 0 radical (unpaired) electrons. The molecule has 0 unspecified atom stereocenters. The summed E-state index contributed by atoms with van der Waals surface area (Å²) in [6, 6.07) is 9.18. The van der Waals surface area contributed by atoms with Gasteiger partial charge in [-0.15, -0.1) is 5.10 Å². The molecule has 0 bridgehead atoms. The van der Waals surface area contributed by atoms with E-state index in [2.05, 4.69) is 40.5 Å². The molecule has 42 heavy (non-hydrogen) atoms. The predicted molar refractivity (Wildman–Crippen MR) is 152 cm³/mol. The maximum Gasteiger partial charge on any atom is 0.394 e. The summed E-state index contributed by atoms with van der Waals surface area (Å²) < 4.78 is 74.4. The van der Waals surface area contributed by atoms with Crippen LogP contribution in [-0.2, 0) is 21.5 Å². The molecule has 2 aromatic rings. The van der Waals surface area contributed by atoms with Gasteiger partial charge in [0.15, 0.2) is 0 Å². The number of aromatic nitrogens is 2. The summed E-state index contributed by atoms with van der Waals surface area (Å²) >= 11 is 0. The summed E-state index contributed by atoms with van der Waals surface area (Å²) in [5, 5.41) is 4.21. The van der Waals surface area contributed by atoms with Crippen LogP contribution in [0, 0.1) is 11.3 Å². The Labute approximate surface area is 244 Å². The van der Waals surface area contributed by atoms with Gasteiger partial charge in [0, 0.05) is 36.3 Å². The number of benzene rings is 1. The first-order chi connectivity index (χ1) is 19.7. The zero-order valence-electron chi connectivity index (χ0n) is 24.3. The van der Waals surface area contributed by atoms with Gasteiger partial charge in [-0.25, -0.2) is 17.8 Å². The average Bonchev–Trinajstić information content (AvgIpc) is 3.50. The van der Waals surface area contributed by atoms with Gasteiger partial charge in [-0.3, -0.25) is 9.79 Å². The van der Waals surface area contributed by atoms with Crippen molar-refractivity contribution in [3.63, 3.8) is 0 Å². The fraction of sp³-hybridized carbons (Fsp3) is 0.552. The Hall–Kier alpha value is -3.35. The zero-order valence-corrected chi connectivity index (χ0v) is 25.1. The van der Waals surface area contributed by atoms with Gasteiger partial charge in [0.1, 0.15) is 6.67 Å². The number of rotatable bonds is 12. The molecule has 1 aromatic carbocycles. The van der Waals surface area contributed by atoms with E-state index in [0.717, 1.165) is 6.42 Å². The lowest BCUT2D eigenvalue weighted by atomic mass is 9.96. The minimum atomic E-state index is -4.23. The molecular weight excluding hydrogens is 571 g/mol. The van der Waals surface area contributed by atoms with Gasteiger partial charge in [0.05, 0.1) is 22.5 Å². The smallest absolute Gasteiger partial charge is 0.394 e. The normalized spacial score (nSPS) is 20.5. The van der Waals surface area contributed by atoms with Gasteiger partial charge >= 0.3 is 6.18 Å². The van der Waals surface area contributed by atoms with Crippen LogP contribution in [0.15, 0.2) is 63.8 Å². The number of likely N-dealkylation sites (tertiary alicyclic amines) is 1. The number of carbonyl (C=O) groups is 1. The second kappa shape index (κ2) is 12.1. The lowest BCUT2D eigenvalue weighted by Gasteiger charge is -2.36. The Kier molecular flexibility index (Phi) is 9.10. The first-order valence-electron chi connectivity index (χ1n) is 14.0. The molecule has 4 rings (SSSR count). The van der Waals surface area contributed by atoms with Crippen molar-refractivity contribution in [3.05, 3.63) is 53.9 Å². The SMILES string of the molecule is CC/C(=C(\C=NCn1ccc(OCCC2(C(F)(F)F)CC2)n1)C(=O)NS(=O)(=O)c1ccccc1)N1C[C@@H](C)CC1(C)C. The van der Waals surface area contributed by atoms with E-state index in [1.54, 1.807) is 24.4 Å². The third kappa shape index (κ3) is 7.16. The third-order valence-corrected chi connectivity index (χ3v) is 9.27. The minimum Gasteiger partial charge on any atom is -0.477 e. The minimum absolute atomic E-state index is 0.0190. The molecule has 9 nitrogen and oxygen atoms in total. The van der Waals surface area contributed by atoms with Crippen molar-refractivity contribution in [1.82, 2.24) is 19.4 Å². The van der Waals surface area contributed by atoms with Gasteiger partial charge in [-0.1, -0.05) is 32.0 Å². The van der Waals surface area contributed by atoms with Crippen molar-refractivity contribution in [2.24, 2.45) is 16.3 Å². The van der Waals surface area contributed by atoms with Crippen molar-refractivity contribution >= 4 is 22.1 Å². The quantitative estimate of drug-likeness (QED) is 0.258. The summed E-state index contributed by atoms with van der Waals surface area (Å²) in [4.78, 5) is 20.0. The van der Waals surface area contributed by atoms with E-state index < -0.39 is 27.5 Å². The highest BCUT2D eigenvalue weighted by Crippen LogP contribution is 2.59. The number of aliphatic imine (C=N–C) groups is 1. The van der Waals surface area contributed by atoms with E-state index in [1.165, 1.54) is 29.1 Å². The highest BCUT2D eigenvalue weighted by molar-refractivity contribution is 7.90. The van der Waals surface area contributed by atoms with Crippen LogP contribution >= 0.6 is 0 Å². The van der Waals surface area contributed by atoms with E-state index in [4.69, 9.17) is 4.74 Å². The monoisotopic (exact) mass is 609 g/mol. The molecule has 2 heterocycles. The lowest BCUT2D eigenvalue weighted by molar-refractivity contribution is -0.190. The fourth-order valence-corrected chi connectivity index (χ4v) is 6.57. The second-order valence-electron chi connectivity index (χ2n) is 11.7. The van der Waals surface area contributed by atoms with Crippen LogP contribution in [0.5, 0.6) is 5.88 Å². The molecule has 1 N–H and O–H groups in total. The highest BCUT2D eigenvalue weighted by atomic mass is 32.2. The van der Waals surface area contributed by atoms with Gasteiger partial charge in [0.25, 0.3) is 15.9 Å². The van der Waals surface area contributed by atoms with Crippen molar-refractivity contribution in [2.75, 3.05) is 13.2 Å². The second-order valence-corrected chi connectivity index (χ2v) is 13.4. The number of hydrogen-bond donors (Lipinski definition) is 1. The van der Waals surface area contributed by atoms with Gasteiger partial charge < -0.3 is 9.64 Å². The molecule has 1 saturated carbocycles. The number of ether oxygens (including phenoxy) is 1. The van der Waals surface area contributed by atoms with Gasteiger partial charge in [-0.05, 0) is 64.0 Å². The number of amides is 1. The first-order valence-corrected chi connectivity index (χ1v) is 15.5. The van der Waals surface area contributed by atoms with E-state index in [-0.39, 0.29) is 54.4 Å². The highest BCUT2D eigenvalue weighted by Gasteiger charge is 2.62. The van der Waals surface area contributed by atoms with E-state index in [1.807, 2.05) is 6.92 Å². The fourth-order valence-electron chi connectivity index (χ4n) is 5.58. The van der Waals surface area contributed by atoms with Crippen LogP contribution in [0.2, 0.25) is 0 Å². The maximum atomic E-state index is 13.5. The molecule has 2 fully saturated rings. The molecule has 13 heteroatoms. The Morgan fingerprint density at radius 3 is 2.48 bits per heavy atom. The topological polar surface area (TPSA) is 106 Å².